The summed E-state index contributed by atoms with van der Waals surface area (Å²) in [5.74, 6) is 1.14. The number of nitrogens with one attached hydrogen (secondary N) is 1. The predicted octanol–water partition coefficient (Wildman–Crippen LogP) is 2.87. The molecule has 1 N–H and O–H groups in total. The molecule has 0 bridgehead atoms. The Morgan fingerprint density at radius 2 is 2.00 bits per heavy atom. The molecule has 9 heteroatoms. The third-order valence-electron chi connectivity index (χ3n) is 5.07. The van der Waals surface area contributed by atoms with Crippen LogP contribution in [0.1, 0.15) is 41.7 Å². The highest BCUT2D eigenvalue weighted by Crippen LogP contribution is 2.27. The Kier molecular flexibility index (Phi) is 5.79. The highest BCUT2D eigenvalue weighted by Gasteiger charge is 2.25. The molecular formula is C20H20ClN5O3. The number of nitriles is 1. The van der Waals surface area contributed by atoms with E-state index in [1.807, 2.05) is 11.0 Å². The van der Waals surface area contributed by atoms with Crippen molar-refractivity contribution in [3.63, 3.8) is 0 Å². The molecule has 0 atom stereocenters. The maximum Gasteiger partial charge on any atom is 0.272 e. The minimum Gasteiger partial charge on any atom is -0.490 e. The molecule has 0 unspecified atom stereocenters. The lowest BCUT2D eigenvalue weighted by Crippen LogP contribution is -2.41. The Hall–Kier alpha value is -2.89. The van der Waals surface area contributed by atoms with Crippen LogP contribution in [0.5, 0.6) is 5.75 Å². The zero-order valence-corrected chi connectivity index (χ0v) is 16.4. The summed E-state index contributed by atoms with van der Waals surface area (Å²) in [5.41, 5.74) is 0.737. The Bertz CT molecular complexity index is 919. The molecule has 1 saturated heterocycles. The van der Waals surface area contributed by atoms with Crippen LogP contribution in [-0.4, -0.2) is 41.7 Å². The average Bonchev–Trinajstić information content (AvgIpc) is 2.69. The number of benzene rings is 1. The number of ether oxygens (including phenoxy) is 2. The second kappa shape index (κ2) is 8.64. The van der Waals surface area contributed by atoms with Crippen molar-refractivity contribution in [1.29, 1.82) is 5.26 Å². The Morgan fingerprint density at radius 3 is 2.59 bits per heavy atom. The normalized spacial score (nSPS) is 21.0. The van der Waals surface area contributed by atoms with Crippen LogP contribution in [0, 0.1) is 11.3 Å². The number of carbonyl (C=O) groups is 1. The van der Waals surface area contributed by atoms with E-state index in [0.29, 0.717) is 41.3 Å². The third kappa shape index (κ3) is 4.58. The molecule has 2 aromatic rings. The van der Waals surface area contributed by atoms with Crippen molar-refractivity contribution < 1.29 is 14.3 Å². The fourth-order valence-electron chi connectivity index (χ4n) is 3.37. The molecule has 0 spiro atoms. The zero-order valence-electron chi connectivity index (χ0n) is 15.7. The standard InChI is InChI=1S/C20H20ClN5O3/c21-17-9-16(4-1-13(17)10-22)29-15-5-2-14(3-6-15)23-20(27)18-7-8-19(25-24-18)26-11-28-12-26/h1,4,7-9,14-15H,2-3,5-6,11-12H2,(H,23,27). The lowest BCUT2D eigenvalue weighted by atomic mass is 9.93. The van der Waals surface area contributed by atoms with Crippen LogP contribution >= 0.6 is 11.6 Å². The largest absolute Gasteiger partial charge is 0.490 e. The van der Waals surface area contributed by atoms with Crippen molar-refractivity contribution in [2.45, 2.75) is 37.8 Å². The van der Waals surface area contributed by atoms with Gasteiger partial charge >= 0.3 is 0 Å². The third-order valence-corrected chi connectivity index (χ3v) is 5.39. The van der Waals surface area contributed by atoms with Gasteiger partial charge in [-0.3, -0.25) is 4.79 Å². The minimum atomic E-state index is -0.216. The first-order chi connectivity index (χ1) is 14.1. The first kappa shape index (κ1) is 19.4. The molecule has 1 aliphatic heterocycles. The first-order valence-corrected chi connectivity index (χ1v) is 9.84. The van der Waals surface area contributed by atoms with E-state index in [0.717, 1.165) is 25.7 Å². The van der Waals surface area contributed by atoms with Gasteiger partial charge in [0.05, 0.1) is 16.7 Å². The summed E-state index contributed by atoms with van der Waals surface area (Å²) < 4.78 is 11.1. The highest BCUT2D eigenvalue weighted by atomic mass is 35.5. The number of anilines is 1. The van der Waals surface area contributed by atoms with Crippen LogP contribution in [0.2, 0.25) is 5.02 Å². The van der Waals surface area contributed by atoms with E-state index in [2.05, 4.69) is 15.5 Å². The van der Waals surface area contributed by atoms with E-state index in [1.165, 1.54) is 0 Å². The molecule has 2 heterocycles. The molecule has 1 aliphatic carbocycles. The summed E-state index contributed by atoms with van der Waals surface area (Å²) in [4.78, 5) is 14.3. The van der Waals surface area contributed by atoms with Gasteiger partial charge in [0.2, 0.25) is 0 Å². The number of aromatic nitrogens is 2. The van der Waals surface area contributed by atoms with Gasteiger partial charge < -0.3 is 19.7 Å². The summed E-state index contributed by atoms with van der Waals surface area (Å²) in [6, 6.07) is 10.7. The summed E-state index contributed by atoms with van der Waals surface area (Å²) in [6.45, 7) is 1.00. The van der Waals surface area contributed by atoms with Crippen molar-refractivity contribution in [2.24, 2.45) is 0 Å². The molecule has 1 saturated carbocycles. The molecule has 2 fully saturated rings. The van der Waals surface area contributed by atoms with E-state index in [-0.39, 0.29) is 18.1 Å². The van der Waals surface area contributed by atoms with Crippen LogP contribution < -0.4 is 15.0 Å². The van der Waals surface area contributed by atoms with E-state index >= 15 is 0 Å². The smallest absolute Gasteiger partial charge is 0.272 e. The van der Waals surface area contributed by atoms with Gasteiger partial charge in [-0.05, 0) is 49.9 Å². The van der Waals surface area contributed by atoms with Crippen molar-refractivity contribution in [3.8, 4) is 11.8 Å². The molecule has 4 rings (SSSR count). The van der Waals surface area contributed by atoms with Gasteiger partial charge in [0.1, 0.15) is 25.3 Å². The van der Waals surface area contributed by atoms with Crippen LogP contribution in [0.15, 0.2) is 30.3 Å². The van der Waals surface area contributed by atoms with E-state index in [1.54, 1.807) is 30.3 Å². The molecular weight excluding hydrogens is 394 g/mol. The second-order valence-corrected chi connectivity index (χ2v) is 7.50. The van der Waals surface area contributed by atoms with E-state index in [9.17, 15) is 4.79 Å². The quantitative estimate of drug-likeness (QED) is 0.804. The zero-order chi connectivity index (χ0) is 20.2. The van der Waals surface area contributed by atoms with Gasteiger partial charge in [0, 0.05) is 12.1 Å². The molecule has 29 heavy (non-hydrogen) atoms. The predicted molar refractivity (Wildman–Crippen MR) is 106 cm³/mol. The average molecular weight is 414 g/mol. The van der Waals surface area contributed by atoms with Gasteiger partial charge in [-0.2, -0.15) is 5.26 Å². The highest BCUT2D eigenvalue weighted by molar-refractivity contribution is 6.31. The number of hydrogen-bond acceptors (Lipinski definition) is 7. The summed E-state index contributed by atoms with van der Waals surface area (Å²) >= 11 is 6.05. The second-order valence-electron chi connectivity index (χ2n) is 7.10. The number of amides is 1. The van der Waals surface area contributed by atoms with Gasteiger partial charge in [-0.15, -0.1) is 10.2 Å². The fourth-order valence-corrected chi connectivity index (χ4v) is 3.58. The van der Waals surface area contributed by atoms with Crippen molar-refractivity contribution in [1.82, 2.24) is 15.5 Å². The van der Waals surface area contributed by atoms with Crippen LogP contribution in [0.3, 0.4) is 0 Å². The molecule has 8 nitrogen and oxygen atoms in total. The maximum atomic E-state index is 12.4. The van der Waals surface area contributed by atoms with E-state index in [4.69, 9.17) is 26.3 Å². The SMILES string of the molecule is N#Cc1ccc(OC2CCC(NC(=O)c3ccc(N4COC4)nn3)CC2)cc1Cl. The van der Waals surface area contributed by atoms with Gasteiger partial charge in [-0.25, -0.2) is 0 Å². The number of rotatable bonds is 5. The molecule has 0 radical (unpaired) electrons. The van der Waals surface area contributed by atoms with Gasteiger partial charge in [-0.1, -0.05) is 11.6 Å². The molecule has 150 valence electrons. The van der Waals surface area contributed by atoms with Crippen molar-refractivity contribution in [2.75, 3.05) is 18.4 Å². The molecule has 1 aromatic carbocycles. The van der Waals surface area contributed by atoms with Crippen LogP contribution in [-0.2, 0) is 4.74 Å². The molecule has 1 aromatic heterocycles. The number of halogens is 1. The first-order valence-electron chi connectivity index (χ1n) is 9.46. The number of nitrogens with zero attached hydrogens (tertiary/aromatic N) is 4. The number of hydrogen-bond donors (Lipinski definition) is 1. The van der Waals surface area contributed by atoms with Crippen LogP contribution in [0.25, 0.3) is 0 Å². The van der Waals surface area contributed by atoms with E-state index < -0.39 is 0 Å². The maximum absolute atomic E-state index is 12.4. The Balaban J connectivity index is 1.25. The van der Waals surface area contributed by atoms with Crippen molar-refractivity contribution in [3.05, 3.63) is 46.6 Å². The lowest BCUT2D eigenvalue weighted by Gasteiger charge is -2.31. The topological polar surface area (TPSA) is 100 Å². The van der Waals surface area contributed by atoms with Gasteiger partial charge in [0.25, 0.3) is 5.91 Å². The lowest BCUT2D eigenvalue weighted by molar-refractivity contribution is 0.0394. The van der Waals surface area contributed by atoms with Crippen molar-refractivity contribution >= 4 is 23.3 Å². The number of carbonyl (C=O) groups excluding carboxylic acids is 1. The molecule has 1 amide bonds. The summed E-state index contributed by atoms with van der Waals surface area (Å²) in [5, 5.41) is 20.5. The Labute approximate surface area is 173 Å². The molecule has 2 aliphatic rings. The fraction of sp³-hybridized carbons (Fsp3) is 0.400. The minimum absolute atomic E-state index is 0.0602. The Morgan fingerprint density at radius 1 is 1.21 bits per heavy atom. The summed E-state index contributed by atoms with van der Waals surface area (Å²) in [6.07, 6.45) is 3.34. The van der Waals surface area contributed by atoms with Gasteiger partial charge in [0.15, 0.2) is 11.5 Å². The monoisotopic (exact) mass is 413 g/mol. The van der Waals surface area contributed by atoms with Crippen LogP contribution in [0.4, 0.5) is 5.82 Å². The summed E-state index contributed by atoms with van der Waals surface area (Å²) in [7, 11) is 0.